The molecule has 0 spiro atoms. The van der Waals surface area contributed by atoms with Gasteiger partial charge in [0.15, 0.2) is 0 Å². The SMILES string of the molecule is CC(CC(=O)N1CC(CN)OC(C)(C)C1)C(C)(C)C. The van der Waals surface area contributed by atoms with Gasteiger partial charge >= 0.3 is 0 Å². The molecular weight excluding hydrogens is 240 g/mol. The molecule has 0 saturated carbocycles. The third-order valence-corrected chi connectivity index (χ3v) is 4.06. The standard InChI is InChI=1S/C15H30N2O2/c1-11(14(2,3)4)7-13(18)17-9-12(8-16)19-15(5,6)10-17/h11-12H,7-10,16H2,1-6H3. The molecule has 0 aliphatic carbocycles. The van der Waals surface area contributed by atoms with Crippen molar-refractivity contribution >= 4 is 5.91 Å². The van der Waals surface area contributed by atoms with Crippen molar-refractivity contribution in [3.05, 3.63) is 0 Å². The Kier molecular flexibility index (Phi) is 5.02. The van der Waals surface area contributed by atoms with E-state index < -0.39 is 0 Å². The molecule has 1 heterocycles. The zero-order valence-electron chi connectivity index (χ0n) is 13.3. The lowest BCUT2D eigenvalue weighted by Gasteiger charge is -2.43. The van der Waals surface area contributed by atoms with Crippen LogP contribution in [-0.4, -0.2) is 42.1 Å². The number of rotatable bonds is 3. The molecule has 0 aromatic rings. The van der Waals surface area contributed by atoms with Crippen molar-refractivity contribution in [1.29, 1.82) is 0 Å². The van der Waals surface area contributed by atoms with E-state index >= 15 is 0 Å². The van der Waals surface area contributed by atoms with E-state index in [1.807, 2.05) is 18.7 Å². The average Bonchev–Trinajstić information content (AvgIpc) is 2.25. The lowest BCUT2D eigenvalue weighted by molar-refractivity contribution is -0.160. The predicted octanol–water partition coefficient (Wildman–Crippen LogP) is 2.02. The molecular formula is C15H30N2O2. The van der Waals surface area contributed by atoms with Gasteiger partial charge in [-0.05, 0) is 25.2 Å². The molecule has 2 N–H and O–H groups in total. The number of amides is 1. The molecule has 1 aliphatic heterocycles. The summed E-state index contributed by atoms with van der Waals surface area (Å²) < 4.78 is 5.86. The summed E-state index contributed by atoms with van der Waals surface area (Å²) in [6, 6.07) is 0. The Bertz CT molecular complexity index is 321. The minimum atomic E-state index is -0.303. The summed E-state index contributed by atoms with van der Waals surface area (Å²) in [6.45, 7) is 14.4. The lowest BCUT2D eigenvalue weighted by atomic mass is 9.80. The van der Waals surface area contributed by atoms with Crippen molar-refractivity contribution in [2.24, 2.45) is 17.1 Å². The molecule has 2 unspecified atom stereocenters. The molecule has 1 rings (SSSR count). The van der Waals surface area contributed by atoms with E-state index in [0.717, 1.165) is 0 Å². The molecule has 1 amide bonds. The maximum absolute atomic E-state index is 12.4. The van der Waals surface area contributed by atoms with Crippen molar-refractivity contribution in [2.45, 2.75) is 59.7 Å². The van der Waals surface area contributed by atoms with Gasteiger partial charge in [-0.2, -0.15) is 0 Å². The molecule has 0 aromatic carbocycles. The fourth-order valence-corrected chi connectivity index (χ4v) is 2.31. The molecule has 0 radical (unpaired) electrons. The van der Waals surface area contributed by atoms with Gasteiger partial charge in [-0.25, -0.2) is 0 Å². The van der Waals surface area contributed by atoms with E-state index in [1.54, 1.807) is 0 Å². The van der Waals surface area contributed by atoms with Crippen LogP contribution in [0.1, 0.15) is 48.0 Å². The highest BCUT2D eigenvalue weighted by Crippen LogP contribution is 2.29. The van der Waals surface area contributed by atoms with Crippen LogP contribution in [0.5, 0.6) is 0 Å². The molecule has 19 heavy (non-hydrogen) atoms. The van der Waals surface area contributed by atoms with Gasteiger partial charge in [-0.3, -0.25) is 4.79 Å². The molecule has 1 saturated heterocycles. The molecule has 1 fully saturated rings. The quantitative estimate of drug-likeness (QED) is 0.853. The number of morpholine rings is 1. The van der Waals surface area contributed by atoms with E-state index in [-0.39, 0.29) is 23.0 Å². The Morgan fingerprint density at radius 2 is 2.05 bits per heavy atom. The second-order valence-corrected chi connectivity index (χ2v) is 7.48. The van der Waals surface area contributed by atoms with Crippen LogP contribution in [0.15, 0.2) is 0 Å². The van der Waals surface area contributed by atoms with Gasteiger partial charge in [-0.1, -0.05) is 27.7 Å². The van der Waals surface area contributed by atoms with Gasteiger partial charge in [0.2, 0.25) is 5.91 Å². The van der Waals surface area contributed by atoms with Gasteiger partial charge in [0.25, 0.3) is 0 Å². The van der Waals surface area contributed by atoms with E-state index in [1.165, 1.54) is 0 Å². The normalized spacial score (nSPS) is 25.2. The number of hydrogen-bond acceptors (Lipinski definition) is 3. The predicted molar refractivity (Wildman–Crippen MR) is 77.8 cm³/mol. The van der Waals surface area contributed by atoms with Gasteiger partial charge in [0, 0.05) is 26.1 Å². The number of nitrogens with two attached hydrogens (primary N) is 1. The molecule has 1 aliphatic rings. The Hall–Kier alpha value is -0.610. The third-order valence-electron chi connectivity index (χ3n) is 4.06. The van der Waals surface area contributed by atoms with Crippen LogP contribution in [0, 0.1) is 11.3 Å². The zero-order valence-corrected chi connectivity index (χ0v) is 13.3. The molecule has 4 heteroatoms. The maximum atomic E-state index is 12.4. The van der Waals surface area contributed by atoms with Gasteiger partial charge in [0.05, 0.1) is 11.7 Å². The van der Waals surface area contributed by atoms with Gasteiger partial charge < -0.3 is 15.4 Å². The summed E-state index contributed by atoms with van der Waals surface area (Å²) in [4.78, 5) is 14.4. The first kappa shape index (κ1) is 16.4. The van der Waals surface area contributed by atoms with E-state index in [0.29, 0.717) is 32.0 Å². The summed E-state index contributed by atoms with van der Waals surface area (Å²) in [5, 5.41) is 0. The summed E-state index contributed by atoms with van der Waals surface area (Å²) in [5.41, 5.74) is 5.55. The fraction of sp³-hybridized carbons (Fsp3) is 0.933. The Morgan fingerprint density at radius 3 is 2.53 bits per heavy atom. The second-order valence-electron chi connectivity index (χ2n) is 7.48. The summed E-state index contributed by atoms with van der Waals surface area (Å²) in [5.74, 6) is 0.583. The van der Waals surface area contributed by atoms with Gasteiger partial charge in [-0.15, -0.1) is 0 Å². The van der Waals surface area contributed by atoms with Crippen LogP contribution in [0.2, 0.25) is 0 Å². The number of ether oxygens (including phenoxy) is 1. The maximum Gasteiger partial charge on any atom is 0.223 e. The van der Waals surface area contributed by atoms with Crippen LogP contribution < -0.4 is 5.73 Å². The van der Waals surface area contributed by atoms with Gasteiger partial charge in [0.1, 0.15) is 0 Å². The Morgan fingerprint density at radius 1 is 1.47 bits per heavy atom. The minimum absolute atomic E-state index is 0.0438. The number of carbonyl (C=O) groups is 1. The smallest absolute Gasteiger partial charge is 0.223 e. The molecule has 2 atom stereocenters. The first-order chi connectivity index (χ1) is 8.55. The summed E-state index contributed by atoms with van der Waals surface area (Å²) in [6.07, 6.45) is 0.550. The van der Waals surface area contributed by atoms with Crippen molar-refractivity contribution in [2.75, 3.05) is 19.6 Å². The molecule has 112 valence electrons. The van der Waals surface area contributed by atoms with E-state index in [4.69, 9.17) is 10.5 Å². The van der Waals surface area contributed by atoms with Crippen LogP contribution in [0.4, 0.5) is 0 Å². The second kappa shape index (κ2) is 5.80. The highest BCUT2D eigenvalue weighted by molar-refractivity contribution is 5.76. The highest BCUT2D eigenvalue weighted by Gasteiger charge is 2.36. The van der Waals surface area contributed by atoms with Crippen molar-refractivity contribution in [1.82, 2.24) is 4.90 Å². The van der Waals surface area contributed by atoms with Crippen LogP contribution in [-0.2, 0) is 9.53 Å². The van der Waals surface area contributed by atoms with Crippen molar-refractivity contribution < 1.29 is 9.53 Å². The summed E-state index contributed by atoms with van der Waals surface area (Å²) >= 11 is 0. The fourth-order valence-electron chi connectivity index (χ4n) is 2.31. The van der Waals surface area contributed by atoms with E-state index in [2.05, 4.69) is 27.7 Å². The van der Waals surface area contributed by atoms with Crippen LogP contribution in [0.25, 0.3) is 0 Å². The average molecular weight is 270 g/mol. The van der Waals surface area contributed by atoms with Crippen molar-refractivity contribution in [3.8, 4) is 0 Å². The zero-order chi connectivity index (χ0) is 14.8. The highest BCUT2D eigenvalue weighted by atomic mass is 16.5. The lowest BCUT2D eigenvalue weighted by Crippen LogP contribution is -2.56. The minimum Gasteiger partial charge on any atom is -0.367 e. The first-order valence-electron chi connectivity index (χ1n) is 7.21. The molecule has 0 bridgehead atoms. The first-order valence-corrected chi connectivity index (χ1v) is 7.21. The number of nitrogens with zero attached hydrogens (tertiary/aromatic N) is 1. The third kappa shape index (κ3) is 4.77. The molecule has 4 nitrogen and oxygen atoms in total. The van der Waals surface area contributed by atoms with Crippen LogP contribution >= 0.6 is 0 Å². The number of hydrogen-bond donors (Lipinski definition) is 1. The summed E-state index contributed by atoms with van der Waals surface area (Å²) in [7, 11) is 0. The Labute approximate surface area is 117 Å². The monoisotopic (exact) mass is 270 g/mol. The molecule has 0 aromatic heterocycles. The topological polar surface area (TPSA) is 55.6 Å². The number of carbonyl (C=O) groups excluding carboxylic acids is 1. The van der Waals surface area contributed by atoms with E-state index in [9.17, 15) is 4.79 Å². The Balaban J connectivity index is 2.66. The van der Waals surface area contributed by atoms with Crippen LogP contribution in [0.3, 0.4) is 0 Å². The van der Waals surface area contributed by atoms with Crippen molar-refractivity contribution in [3.63, 3.8) is 0 Å². The largest absolute Gasteiger partial charge is 0.367 e.